The molecule has 0 saturated heterocycles. The Kier molecular flexibility index (Phi) is 4.27. The summed E-state index contributed by atoms with van der Waals surface area (Å²) in [6.45, 7) is 0.440. The highest BCUT2D eigenvalue weighted by Crippen LogP contribution is 2.27. The first-order chi connectivity index (χ1) is 9.10. The Bertz CT molecular complexity index is 590. The van der Waals surface area contributed by atoms with Crippen LogP contribution in [0.4, 0.5) is 10.1 Å². The largest absolute Gasteiger partial charge is 0.504 e. The van der Waals surface area contributed by atoms with Crippen molar-refractivity contribution in [1.29, 1.82) is 0 Å². The highest BCUT2D eigenvalue weighted by molar-refractivity contribution is 9.10. The lowest BCUT2D eigenvalue weighted by Gasteiger charge is -2.10. The van der Waals surface area contributed by atoms with Gasteiger partial charge in [-0.25, -0.2) is 4.39 Å². The molecule has 100 valence electrons. The van der Waals surface area contributed by atoms with Gasteiger partial charge in [0.2, 0.25) is 0 Å². The summed E-state index contributed by atoms with van der Waals surface area (Å²) in [5, 5.41) is 12.5. The van der Waals surface area contributed by atoms with E-state index in [-0.39, 0.29) is 11.6 Å². The van der Waals surface area contributed by atoms with Crippen LogP contribution in [0.5, 0.6) is 11.5 Å². The number of benzene rings is 2. The summed E-state index contributed by atoms with van der Waals surface area (Å²) in [4.78, 5) is 0. The lowest BCUT2D eigenvalue weighted by molar-refractivity contribution is 0.373. The third kappa shape index (κ3) is 3.38. The molecule has 2 aromatic rings. The number of rotatable bonds is 4. The molecule has 0 aliphatic carbocycles. The molecule has 0 aliphatic rings. The van der Waals surface area contributed by atoms with Crippen LogP contribution < -0.4 is 10.1 Å². The van der Waals surface area contributed by atoms with Gasteiger partial charge in [0, 0.05) is 11.0 Å². The summed E-state index contributed by atoms with van der Waals surface area (Å²) in [5.41, 5.74) is 1.31. The molecule has 3 nitrogen and oxygen atoms in total. The number of hydrogen-bond acceptors (Lipinski definition) is 3. The van der Waals surface area contributed by atoms with Crippen molar-refractivity contribution < 1.29 is 14.2 Å². The Morgan fingerprint density at radius 2 is 2.05 bits per heavy atom. The van der Waals surface area contributed by atoms with Crippen molar-refractivity contribution >= 4 is 21.6 Å². The van der Waals surface area contributed by atoms with Crippen LogP contribution in [0.25, 0.3) is 0 Å². The molecule has 2 aromatic carbocycles. The van der Waals surface area contributed by atoms with Crippen molar-refractivity contribution in [3.05, 3.63) is 52.3 Å². The maximum Gasteiger partial charge on any atom is 0.160 e. The van der Waals surface area contributed by atoms with E-state index < -0.39 is 0 Å². The second-order valence-electron chi connectivity index (χ2n) is 3.98. The van der Waals surface area contributed by atoms with Crippen molar-refractivity contribution in [1.82, 2.24) is 0 Å². The zero-order chi connectivity index (χ0) is 13.8. The summed E-state index contributed by atoms with van der Waals surface area (Å²) in [6, 6.07) is 9.84. The Morgan fingerprint density at radius 3 is 2.74 bits per heavy atom. The van der Waals surface area contributed by atoms with Crippen molar-refractivity contribution in [2.75, 3.05) is 12.4 Å². The minimum atomic E-state index is -0.319. The summed E-state index contributed by atoms with van der Waals surface area (Å²) in [6.07, 6.45) is 0. The fraction of sp³-hybridized carbons (Fsp3) is 0.143. The third-order valence-corrected chi connectivity index (χ3v) is 3.15. The normalized spacial score (nSPS) is 10.3. The molecule has 2 rings (SSSR count). The van der Waals surface area contributed by atoms with Crippen LogP contribution in [0, 0.1) is 5.82 Å². The van der Waals surface area contributed by atoms with Gasteiger partial charge in [-0.1, -0.05) is 22.0 Å². The SMILES string of the molecule is COc1cc(CNc2ccc(Br)cc2F)ccc1O. The number of halogens is 2. The summed E-state index contributed by atoms with van der Waals surface area (Å²) in [7, 11) is 1.49. The Morgan fingerprint density at radius 1 is 1.26 bits per heavy atom. The molecular weight excluding hydrogens is 313 g/mol. The van der Waals surface area contributed by atoms with Crippen LogP contribution in [0.15, 0.2) is 40.9 Å². The predicted molar refractivity (Wildman–Crippen MR) is 76.1 cm³/mol. The maximum atomic E-state index is 13.6. The van der Waals surface area contributed by atoms with E-state index in [0.29, 0.717) is 22.5 Å². The zero-order valence-electron chi connectivity index (χ0n) is 10.3. The van der Waals surface area contributed by atoms with E-state index in [2.05, 4.69) is 21.2 Å². The van der Waals surface area contributed by atoms with E-state index in [9.17, 15) is 9.50 Å². The van der Waals surface area contributed by atoms with E-state index in [4.69, 9.17) is 4.74 Å². The van der Waals surface area contributed by atoms with Gasteiger partial charge in [0.25, 0.3) is 0 Å². The average Bonchev–Trinajstić information content (AvgIpc) is 2.39. The van der Waals surface area contributed by atoms with Gasteiger partial charge in [-0.15, -0.1) is 0 Å². The second-order valence-corrected chi connectivity index (χ2v) is 4.90. The fourth-order valence-electron chi connectivity index (χ4n) is 1.66. The molecule has 0 bridgehead atoms. The van der Waals surface area contributed by atoms with Crippen molar-refractivity contribution in [2.45, 2.75) is 6.54 Å². The number of ether oxygens (including phenoxy) is 1. The number of nitrogens with one attached hydrogen (secondary N) is 1. The van der Waals surface area contributed by atoms with Crippen LogP contribution in [0.1, 0.15) is 5.56 Å². The molecule has 0 saturated carbocycles. The van der Waals surface area contributed by atoms with Crippen LogP contribution in [-0.2, 0) is 6.54 Å². The number of aromatic hydroxyl groups is 1. The van der Waals surface area contributed by atoms with Crippen LogP contribution in [-0.4, -0.2) is 12.2 Å². The molecule has 0 radical (unpaired) electrons. The first kappa shape index (κ1) is 13.7. The van der Waals surface area contributed by atoms with Gasteiger partial charge in [-0.05, 0) is 35.9 Å². The molecule has 0 aromatic heterocycles. The van der Waals surface area contributed by atoms with Crippen LogP contribution >= 0.6 is 15.9 Å². The van der Waals surface area contributed by atoms with Gasteiger partial charge < -0.3 is 15.2 Å². The fourth-order valence-corrected chi connectivity index (χ4v) is 2.00. The first-order valence-corrected chi connectivity index (χ1v) is 6.44. The summed E-state index contributed by atoms with van der Waals surface area (Å²) < 4.78 is 19.3. The maximum absolute atomic E-state index is 13.6. The lowest BCUT2D eigenvalue weighted by atomic mass is 10.2. The quantitative estimate of drug-likeness (QED) is 0.895. The Labute approximate surface area is 119 Å². The minimum absolute atomic E-state index is 0.0843. The van der Waals surface area contributed by atoms with Crippen molar-refractivity contribution in [2.24, 2.45) is 0 Å². The average molecular weight is 326 g/mol. The number of hydrogen-bond donors (Lipinski definition) is 2. The topological polar surface area (TPSA) is 41.5 Å². The molecule has 2 N–H and O–H groups in total. The minimum Gasteiger partial charge on any atom is -0.504 e. The van der Waals surface area contributed by atoms with Crippen LogP contribution in [0.2, 0.25) is 0 Å². The molecule has 5 heteroatoms. The molecule has 0 spiro atoms. The predicted octanol–water partition coefficient (Wildman–Crippen LogP) is 3.91. The van der Waals surface area contributed by atoms with Gasteiger partial charge in [-0.2, -0.15) is 0 Å². The summed E-state index contributed by atoms with van der Waals surface area (Å²) >= 11 is 3.21. The van der Waals surface area contributed by atoms with Crippen LogP contribution in [0.3, 0.4) is 0 Å². The molecule has 0 fully saturated rings. The number of phenols is 1. The van der Waals surface area contributed by atoms with E-state index in [1.807, 2.05) is 0 Å². The molecule has 19 heavy (non-hydrogen) atoms. The molecule has 0 unspecified atom stereocenters. The summed E-state index contributed by atoms with van der Waals surface area (Å²) in [5.74, 6) is 0.164. The van der Waals surface area contributed by atoms with Gasteiger partial charge >= 0.3 is 0 Å². The van der Waals surface area contributed by atoms with E-state index in [1.165, 1.54) is 13.2 Å². The van der Waals surface area contributed by atoms with Crippen molar-refractivity contribution in [3.63, 3.8) is 0 Å². The number of phenolic OH excluding ortho intramolecular Hbond substituents is 1. The smallest absolute Gasteiger partial charge is 0.160 e. The van der Waals surface area contributed by atoms with Gasteiger partial charge in [0.15, 0.2) is 11.5 Å². The lowest BCUT2D eigenvalue weighted by Crippen LogP contribution is -2.01. The Balaban J connectivity index is 2.10. The first-order valence-electron chi connectivity index (χ1n) is 5.65. The van der Waals surface area contributed by atoms with Crippen molar-refractivity contribution in [3.8, 4) is 11.5 Å². The zero-order valence-corrected chi connectivity index (χ0v) is 11.9. The molecule has 0 amide bonds. The highest BCUT2D eigenvalue weighted by Gasteiger charge is 2.05. The second kappa shape index (κ2) is 5.93. The van der Waals surface area contributed by atoms with E-state index in [1.54, 1.807) is 30.3 Å². The van der Waals surface area contributed by atoms with Gasteiger partial charge in [0.1, 0.15) is 5.82 Å². The van der Waals surface area contributed by atoms with Gasteiger partial charge in [0.05, 0.1) is 12.8 Å². The monoisotopic (exact) mass is 325 g/mol. The highest BCUT2D eigenvalue weighted by atomic mass is 79.9. The molecule has 0 heterocycles. The van der Waals surface area contributed by atoms with E-state index in [0.717, 1.165) is 5.56 Å². The van der Waals surface area contributed by atoms with E-state index >= 15 is 0 Å². The number of methoxy groups -OCH3 is 1. The standard InChI is InChI=1S/C14H13BrFNO2/c1-19-14-6-9(2-5-13(14)18)8-17-12-4-3-10(15)7-11(12)16/h2-7,17-18H,8H2,1H3. The third-order valence-electron chi connectivity index (χ3n) is 2.66. The number of anilines is 1. The van der Waals surface area contributed by atoms with Gasteiger partial charge in [-0.3, -0.25) is 0 Å². The molecular formula is C14H13BrFNO2. The Hall–Kier alpha value is -1.75. The molecule has 0 atom stereocenters. The molecule has 0 aliphatic heterocycles.